The second-order valence-electron chi connectivity index (χ2n) is 5.18. The van der Waals surface area contributed by atoms with Gasteiger partial charge in [0.15, 0.2) is 6.10 Å². The number of hydrogen-bond donors (Lipinski definition) is 2. The Morgan fingerprint density at radius 3 is 2.32 bits per heavy atom. The zero-order valence-electron chi connectivity index (χ0n) is 13.5. The van der Waals surface area contributed by atoms with Crippen molar-refractivity contribution in [2.24, 2.45) is 0 Å². The first-order chi connectivity index (χ1) is 12.0. The Bertz CT molecular complexity index is 747. The number of carbonyl (C=O) groups is 3. The Hall–Kier alpha value is -3.22. The zero-order chi connectivity index (χ0) is 18.2. The van der Waals surface area contributed by atoms with Crippen LogP contribution in [0.15, 0.2) is 54.6 Å². The highest BCUT2D eigenvalue weighted by Crippen LogP contribution is 2.09. The minimum atomic E-state index is -1.06. The third-order valence-electron chi connectivity index (χ3n) is 3.22. The van der Waals surface area contributed by atoms with Gasteiger partial charge in [0.25, 0.3) is 11.8 Å². The molecule has 0 aliphatic carbocycles. The molecule has 0 unspecified atom stereocenters. The van der Waals surface area contributed by atoms with E-state index >= 15 is 0 Å². The van der Waals surface area contributed by atoms with Gasteiger partial charge in [0.1, 0.15) is 12.4 Å². The predicted octanol–water partition coefficient (Wildman–Crippen LogP) is 2.13. The van der Waals surface area contributed by atoms with E-state index in [2.05, 4.69) is 10.6 Å². The van der Waals surface area contributed by atoms with E-state index in [-0.39, 0.29) is 6.54 Å². The van der Waals surface area contributed by atoms with Gasteiger partial charge in [-0.2, -0.15) is 0 Å². The van der Waals surface area contributed by atoms with Crippen LogP contribution in [0, 0.1) is 5.82 Å². The average Bonchev–Trinajstić information content (AvgIpc) is 2.62. The van der Waals surface area contributed by atoms with Crippen molar-refractivity contribution < 1.29 is 23.5 Å². The fourth-order valence-electron chi connectivity index (χ4n) is 1.91. The summed E-state index contributed by atoms with van der Waals surface area (Å²) in [7, 11) is 0. The van der Waals surface area contributed by atoms with Gasteiger partial charge in [-0.3, -0.25) is 14.4 Å². The second-order valence-corrected chi connectivity index (χ2v) is 5.18. The number of carbonyl (C=O) groups excluding carboxylic acids is 3. The van der Waals surface area contributed by atoms with Crippen LogP contribution in [-0.2, 0) is 14.3 Å². The van der Waals surface area contributed by atoms with Crippen LogP contribution < -0.4 is 10.6 Å². The largest absolute Gasteiger partial charge is 0.451 e. The minimum absolute atomic E-state index is 0.359. The molecule has 0 fully saturated rings. The van der Waals surface area contributed by atoms with E-state index in [9.17, 15) is 18.8 Å². The summed E-state index contributed by atoms with van der Waals surface area (Å²) in [6, 6.07) is 13.6. The summed E-state index contributed by atoms with van der Waals surface area (Å²) in [5.74, 6) is -2.15. The van der Waals surface area contributed by atoms with E-state index in [1.54, 1.807) is 30.3 Å². The van der Waals surface area contributed by atoms with Crippen molar-refractivity contribution in [3.8, 4) is 0 Å². The van der Waals surface area contributed by atoms with Crippen LogP contribution in [0.5, 0.6) is 0 Å². The van der Waals surface area contributed by atoms with Crippen molar-refractivity contribution in [3.05, 3.63) is 66.0 Å². The highest BCUT2D eigenvalue weighted by molar-refractivity contribution is 5.97. The van der Waals surface area contributed by atoms with Gasteiger partial charge in [0.05, 0.1) is 0 Å². The third kappa shape index (κ3) is 5.72. The van der Waals surface area contributed by atoms with E-state index in [4.69, 9.17) is 4.74 Å². The Morgan fingerprint density at radius 2 is 1.68 bits per heavy atom. The highest BCUT2D eigenvalue weighted by atomic mass is 19.1. The standard InChI is InChI=1S/C18H17FN2O4/c1-12(17(23)21-15-9-7-14(19)8-10-15)25-16(22)11-20-18(24)13-5-3-2-4-6-13/h2-10,12H,11H2,1H3,(H,20,24)(H,21,23)/t12-/m1/s1. The number of esters is 1. The van der Waals surface area contributed by atoms with Crippen LogP contribution in [-0.4, -0.2) is 30.4 Å². The van der Waals surface area contributed by atoms with Gasteiger partial charge >= 0.3 is 5.97 Å². The molecular weight excluding hydrogens is 327 g/mol. The summed E-state index contributed by atoms with van der Waals surface area (Å²) in [6.07, 6.45) is -1.06. The molecule has 0 saturated carbocycles. The van der Waals surface area contributed by atoms with Crippen molar-refractivity contribution in [1.29, 1.82) is 0 Å². The summed E-state index contributed by atoms with van der Waals surface area (Å²) in [5.41, 5.74) is 0.795. The van der Waals surface area contributed by atoms with Crippen molar-refractivity contribution in [2.75, 3.05) is 11.9 Å². The smallest absolute Gasteiger partial charge is 0.326 e. The molecule has 2 N–H and O–H groups in total. The quantitative estimate of drug-likeness (QED) is 0.786. The summed E-state index contributed by atoms with van der Waals surface area (Å²) < 4.78 is 17.8. The van der Waals surface area contributed by atoms with Crippen molar-refractivity contribution in [1.82, 2.24) is 5.32 Å². The summed E-state index contributed by atoms with van der Waals surface area (Å²) in [6.45, 7) is 1.04. The lowest BCUT2D eigenvalue weighted by Gasteiger charge is -2.14. The molecule has 0 bridgehead atoms. The molecule has 0 aromatic heterocycles. The number of ether oxygens (including phenoxy) is 1. The molecule has 0 saturated heterocycles. The molecule has 0 spiro atoms. The Kier molecular flexibility index (Phi) is 6.22. The first-order valence-corrected chi connectivity index (χ1v) is 7.55. The fraction of sp³-hybridized carbons (Fsp3) is 0.167. The van der Waals surface area contributed by atoms with Gasteiger partial charge in [-0.25, -0.2) is 4.39 Å². The summed E-state index contributed by atoms with van der Waals surface area (Å²) in [4.78, 5) is 35.5. The molecular formula is C18H17FN2O4. The normalized spacial score (nSPS) is 11.3. The number of nitrogens with one attached hydrogen (secondary N) is 2. The van der Waals surface area contributed by atoms with Gasteiger partial charge in [0, 0.05) is 11.3 Å². The number of halogens is 1. The minimum Gasteiger partial charge on any atom is -0.451 e. The van der Waals surface area contributed by atoms with Crippen molar-refractivity contribution in [3.63, 3.8) is 0 Å². The number of rotatable bonds is 6. The molecule has 2 aromatic rings. The molecule has 130 valence electrons. The Labute approximate surface area is 144 Å². The fourth-order valence-corrected chi connectivity index (χ4v) is 1.91. The molecule has 25 heavy (non-hydrogen) atoms. The van der Waals surface area contributed by atoms with E-state index < -0.39 is 29.7 Å². The average molecular weight is 344 g/mol. The Morgan fingerprint density at radius 1 is 1.04 bits per heavy atom. The lowest BCUT2D eigenvalue weighted by atomic mass is 10.2. The monoisotopic (exact) mass is 344 g/mol. The van der Waals surface area contributed by atoms with Crippen LogP contribution in [0.4, 0.5) is 10.1 Å². The SMILES string of the molecule is C[C@@H](OC(=O)CNC(=O)c1ccccc1)C(=O)Nc1ccc(F)cc1. The van der Waals surface area contributed by atoms with Crippen LogP contribution >= 0.6 is 0 Å². The molecule has 2 amide bonds. The van der Waals surface area contributed by atoms with E-state index in [1.165, 1.54) is 31.2 Å². The molecule has 0 heterocycles. The van der Waals surface area contributed by atoms with Gasteiger partial charge in [-0.15, -0.1) is 0 Å². The van der Waals surface area contributed by atoms with Crippen molar-refractivity contribution in [2.45, 2.75) is 13.0 Å². The first-order valence-electron chi connectivity index (χ1n) is 7.55. The van der Waals surface area contributed by atoms with Crippen LogP contribution in [0.2, 0.25) is 0 Å². The maximum atomic E-state index is 12.8. The van der Waals surface area contributed by atoms with Gasteiger partial charge in [-0.1, -0.05) is 18.2 Å². The molecule has 2 aromatic carbocycles. The van der Waals surface area contributed by atoms with Crippen molar-refractivity contribution >= 4 is 23.5 Å². The predicted molar refractivity (Wildman–Crippen MR) is 89.4 cm³/mol. The molecule has 7 heteroatoms. The number of amides is 2. The number of anilines is 1. The molecule has 2 rings (SSSR count). The van der Waals surface area contributed by atoms with E-state index in [1.807, 2.05) is 0 Å². The van der Waals surface area contributed by atoms with Crippen LogP contribution in [0.1, 0.15) is 17.3 Å². The first kappa shape index (κ1) is 18.1. The van der Waals surface area contributed by atoms with Gasteiger partial charge < -0.3 is 15.4 Å². The molecule has 0 radical (unpaired) electrons. The molecule has 6 nitrogen and oxygen atoms in total. The third-order valence-corrected chi connectivity index (χ3v) is 3.22. The second kappa shape index (κ2) is 8.58. The van der Waals surface area contributed by atoms with Crippen LogP contribution in [0.25, 0.3) is 0 Å². The summed E-state index contributed by atoms with van der Waals surface area (Å²) >= 11 is 0. The molecule has 1 atom stereocenters. The highest BCUT2D eigenvalue weighted by Gasteiger charge is 2.18. The molecule has 0 aliphatic heterocycles. The number of benzene rings is 2. The number of hydrogen-bond acceptors (Lipinski definition) is 4. The lowest BCUT2D eigenvalue weighted by Crippen LogP contribution is -2.35. The summed E-state index contributed by atoms with van der Waals surface area (Å²) in [5, 5.41) is 4.91. The van der Waals surface area contributed by atoms with Gasteiger partial charge in [0.2, 0.25) is 0 Å². The maximum Gasteiger partial charge on any atom is 0.326 e. The maximum absolute atomic E-state index is 12.8. The molecule has 0 aliphatic rings. The zero-order valence-corrected chi connectivity index (χ0v) is 13.5. The van der Waals surface area contributed by atoms with Gasteiger partial charge in [-0.05, 0) is 43.3 Å². The lowest BCUT2D eigenvalue weighted by molar-refractivity contribution is -0.152. The van der Waals surface area contributed by atoms with E-state index in [0.29, 0.717) is 11.3 Å². The van der Waals surface area contributed by atoms with E-state index in [0.717, 1.165) is 0 Å². The topological polar surface area (TPSA) is 84.5 Å². The Balaban J connectivity index is 1.78. The van der Waals surface area contributed by atoms with Crippen LogP contribution in [0.3, 0.4) is 0 Å².